The molecule has 0 aliphatic rings. The Hall–Kier alpha value is -2.94. The fraction of sp³-hybridized carbons (Fsp3) is 0.333. The number of alkyl carbamates (subject to hydrolysis) is 1. The third kappa shape index (κ3) is 4.78. The predicted octanol–water partition coefficient (Wildman–Crippen LogP) is 3.13. The van der Waals surface area contributed by atoms with E-state index in [4.69, 9.17) is 9.84 Å². The Morgan fingerprint density at radius 3 is 2.75 bits per heavy atom. The minimum absolute atomic E-state index is 0.222. The van der Waals surface area contributed by atoms with Crippen molar-refractivity contribution in [2.24, 2.45) is 0 Å². The van der Waals surface area contributed by atoms with Crippen molar-refractivity contribution in [3.05, 3.63) is 35.5 Å². The first kappa shape index (κ1) is 17.4. The zero-order chi connectivity index (χ0) is 17.7. The lowest BCUT2D eigenvalue weighted by Gasteiger charge is -2.19. The number of hydrogen-bond donors (Lipinski definition) is 3. The normalized spacial score (nSPS) is 10.8. The van der Waals surface area contributed by atoms with Gasteiger partial charge in [0.1, 0.15) is 5.60 Å². The molecule has 1 aromatic carbocycles. The number of carbonyl (C=O) groups is 2. The molecule has 6 heteroatoms. The Kier molecular flexibility index (Phi) is 5.14. The minimum Gasteiger partial charge on any atom is -0.478 e. The van der Waals surface area contributed by atoms with E-state index in [9.17, 15) is 9.59 Å². The Labute approximate surface area is 140 Å². The van der Waals surface area contributed by atoms with E-state index in [1.165, 1.54) is 6.20 Å². The molecule has 1 heterocycles. The summed E-state index contributed by atoms with van der Waals surface area (Å²) in [6, 6.07) is 5.35. The number of rotatable bonds is 3. The van der Waals surface area contributed by atoms with Crippen LogP contribution in [0.4, 0.5) is 4.79 Å². The topological polar surface area (TPSA) is 91.4 Å². The van der Waals surface area contributed by atoms with Crippen LogP contribution in [0.2, 0.25) is 0 Å². The number of nitrogens with one attached hydrogen (secondary N) is 2. The standard InChI is InChI=1S/C18H20N2O4/c1-18(2,3)24-17(23)19-9-5-4-6-12-7-8-15-13(10-12)14(11-20-15)16(21)22/h7-8,10-11,20H,5,9H2,1-3H3,(H,19,23)(H,21,22). The molecule has 6 nitrogen and oxygen atoms in total. The summed E-state index contributed by atoms with van der Waals surface area (Å²) in [5.41, 5.74) is 1.18. The maximum Gasteiger partial charge on any atom is 0.407 e. The lowest BCUT2D eigenvalue weighted by atomic mass is 10.1. The van der Waals surface area contributed by atoms with Crippen LogP contribution in [0.3, 0.4) is 0 Å². The summed E-state index contributed by atoms with van der Waals surface area (Å²) in [5.74, 6) is 4.93. The number of aromatic amines is 1. The number of carboxylic acids is 1. The Balaban J connectivity index is 1.94. The SMILES string of the molecule is CC(C)(C)OC(=O)NCCC#Cc1ccc2[nH]cc(C(=O)O)c2c1. The van der Waals surface area contributed by atoms with Crippen LogP contribution < -0.4 is 5.32 Å². The van der Waals surface area contributed by atoms with Crippen molar-refractivity contribution >= 4 is 23.0 Å². The molecule has 2 rings (SSSR count). The Morgan fingerprint density at radius 1 is 1.33 bits per heavy atom. The van der Waals surface area contributed by atoms with E-state index in [0.717, 1.165) is 11.1 Å². The first-order valence-corrected chi connectivity index (χ1v) is 7.56. The first-order valence-electron chi connectivity index (χ1n) is 7.56. The van der Waals surface area contributed by atoms with Crippen molar-refractivity contribution in [2.75, 3.05) is 6.54 Å². The summed E-state index contributed by atoms with van der Waals surface area (Å²) in [6.45, 7) is 5.79. The maximum atomic E-state index is 11.5. The Bertz CT molecular complexity index is 819. The molecule has 0 aliphatic carbocycles. The maximum absolute atomic E-state index is 11.5. The predicted molar refractivity (Wildman–Crippen MR) is 91.0 cm³/mol. The van der Waals surface area contributed by atoms with Crippen molar-refractivity contribution in [1.29, 1.82) is 0 Å². The van der Waals surface area contributed by atoms with Gasteiger partial charge in [0, 0.05) is 35.6 Å². The van der Waals surface area contributed by atoms with Crippen molar-refractivity contribution in [2.45, 2.75) is 32.8 Å². The summed E-state index contributed by atoms with van der Waals surface area (Å²) >= 11 is 0. The highest BCUT2D eigenvalue weighted by Gasteiger charge is 2.15. The van der Waals surface area contributed by atoms with Crippen LogP contribution >= 0.6 is 0 Å². The van der Waals surface area contributed by atoms with Gasteiger partial charge in [0.25, 0.3) is 0 Å². The lowest BCUT2D eigenvalue weighted by Crippen LogP contribution is -2.32. The van der Waals surface area contributed by atoms with Gasteiger partial charge >= 0.3 is 12.1 Å². The molecular formula is C18H20N2O4. The van der Waals surface area contributed by atoms with Crippen LogP contribution in [0.1, 0.15) is 43.1 Å². The number of carbonyl (C=O) groups excluding carboxylic acids is 1. The van der Waals surface area contributed by atoms with Crippen LogP contribution in [-0.2, 0) is 4.74 Å². The average molecular weight is 328 g/mol. The molecule has 24 heavy (non-hydrogen) atoms. The summed E-state index contributed by atoms with van der Waals surface area (Å²) in [6.07, 6.45) is 1.47. The molecular weight excluding hydrogens is 308 g/mol. The van der Waals surface area contributed by atoms with Gasteiger partial charge in [-0.15, -0.1) is 0 Å². The number of amides is 1. The summed E-state index contributed by atoms with van der Waals surface area (Å²) in [5, 5.41) is 12.4. The van der Waals surface area contributed by atoms with E-state index < -0.39 is 17.7 Å². The first-order chi connectivity index (χ1) is 11.3. The molecule has 0 saturated heterocycles. The molecule has 1 amide bonds. The Morgan fingerprint density at radius 2 is 2.08 bits per heavy atom. The van der Waals surface area contributed by atoms with Crippen LogP contribution in [0, 0.1) is 11.8 Å². The summed E-state index contributed by atoms with van der Waals surface area (Å²) in [7, 11) is 0. The third-order valence-corrected chi connectivity index (χ3v) is 3.06. The lowest BCUT2D eigenvalue weighted by molar-refractivity contribution is 0.0528. The molecule has 0 bridgehead atoms. The number of aromatic nitrogens is 1. The van der Waals surface area contributed by atoms with Crippen molar-refractivity contribution in [3.8, 4) is 11.8 Å². The molecule has 0 radical (unpaired) electrons. The second kappa shape index (κ2) is 7.09. The molecule has 0 atom stereocenters. The monoisotopic (exact) mass is 328 g/mol. The van der Waals surface area contributed by atoms with Gasteiger partial charge in [0.05, 0.1) is 5.56 Å². The number of ether oxygens (including phenoxy) is 1. The van der Waals surface area contributed by atoms with Crippen molar-refractivity contribution in [1.82, 2.24) is 10.3 Å². The van der Waals surface area contributed by atoms with Crippen molar-refractivity contribution in [3.63, 3.8) is 0 Å². The summed E-state index contributed by atoms with van der Waals surface area (Å²) in [4.78, 5) is 25.5. The minimum atomic E-state index is -0.979. The van der Waals surface area contributed by atoms with E-state index in [2.05, 4.69) is 22.1 Å². The number of hydrogen-bond acceptors (Lipinski definition) is 3. The molecule has 0 fully saturated rings. The van der Waals surface area contributed by atoms with Crippen LogP contribution in [0.25, 0.3) is 10.9 Å². The summed E-state index contributed by atoms with van der Waals surface area (Å²) < 4.78 is 5.12. The number of H-pyrrole nitrogens is 1. The van der Waals surface area contributed by atoms with Gasteiger partial charge in [-0.25, -0.2) is 9.59 Å². The van der Waals surface area contributed by atoms with Crippen LogP contribution in [0.5, 0.6) is 0 Å². The van der Waals surface area contributed by atoms with Gasteiger partial charge in [-0.1, -0.05) is 11.8 Å². The number of benzene rings is 1. The highest BCUT2D eigenvalue weighted by molar-refractivity contribution is 6.03. The molecule has 0 aliphatic heterocycles. The second-order valence-corrected chi connectivity index (χ2v) is 6.25. The van der Waals surface area contributed by atoms with E-state index in [1.807, 2.05) is 6.07 Å². The van der Waals surface area contributed by atoms with Gasteiger partial charge in [-0.05, 0) is 39.0 Å². The van der Waals surface area contributed by atoms with Gasteiger partial charge in [-0.2, -0.15) is 0 Å². The third-order valence-electron chi connectivity index (χ3n) is 3.06. The van der Waals surface area contributed by atoms with E-state index >= 15 is 0 Å². The zero-order valence-corrected chi connectivity index (χ0v) is 13.9. The quantitative estimate of drug-likeness (QED) is 0.596. The molecule has 126 valence electrons. The fourth-order valence-corrected chi connectivity index (χ4v) is 2.08. The molecule has 0 saturated carbocycles. The smallest absolute Gasteiger partial charge is 0.407 e. The molecule has 3 N–H and O–H groups in total. The molecule has 2 aromatic rings. The van der Waals surface area contributed by atoms with Crippen LogP contribution in [0.15, 0.2) is 24.4 Å². The molecule has 0 unspecified atom stereocenters. The zero-order valence-electron chi connectivity index (χ0n) is 13.9. The highest BCUT2D eigenvalue weighted by Crippen LogP contribution is 2.19. The average Bonchev–Trinajstić information content (AvgIpc) is 2.88. The van der Waals surface area contributed by atoms with E-state index in [0.29, 0.717) is 18.4 Å². The van der Waals surface area contributed by atoms with Crippen molar-refractivity contribution < 1.29 is 19.4 Å². The second-order valence-electron chi connectivity index (χ2n) is 6.25. The van der Waals surface area contributed by atoms with Gasteiger partial charge in [0.2, 0.25) is 0 Å². The highest BCUT2D eigenvalue weighted by atomic mass is 16.6. The van der Waals surface area contributed by atoms with Gasteiger partial charge in [-0.3, -0.25) is 0 Å². The van der Waals surface area contributed by atoms with Crippen LogP contribution in [-0.4, -0.2) is 34.3 Å². The largest absolute Gasteiger partial charge is 0.478 e. The molecule has 0 spiro atoms. The van der Waals surface area contributed by atoms with E-state index in [-0.39, 0.29) is 5.56 Å². The van der Waals surface area contributed by atoms with Gasteiger partial charge in [0.15, 0.2) is 0 Å². The molecule has 1 aromatic heterocycles. The number of carboxylic acid groups (broad SMARTS) is 1. The fourth-order valence-electron chi connectivity index (χ4n) is 2.08. The number of fused-ring (bicyclic) bond motifs is 1. The van der Waals surface area contributed by atoms with Gasteiger partial charge < -0.3 is 20.1 Å². The van der Waals surface area contributed by atoms with E-state index in [1.54, 1.807) is 32.9 Å². The number of aromatic carboxylic acids is 1.